The van der Waals surface area contributed by atoms with E-state index in [0.29, 0.717) is 47.3 Å². The number of hydrogen-bond donors (Lipinski definition) is 0. The molecular formula is C42H80N4S4. The van der Waals surface area contributed by atoms with E-state index >= 15 is 0 Å². The summed E-state index contributed by atoms with van der Waals surface area (Å²) >= 11 is 6.51. The minimum absolute atomic E-state index is 0. The van der Waals surface area contributed by atoms with Crippen LogP contribution < -0.4 is 0 Å². The molecule has 0 bridgehead atoms. The Morgan fingerprint density at radius 1 is 0.440 bits per heavy atom. The van der Waals surface area contributed by atoms with Crippen LogP contribution in [0.25, 0.3) is 0 Å². The van der Waals surface area contributed by atoms with Gasteiger partial charge in [-0.2, -0.15) is 13.1 Å². The maximum absolute atomic E-state index is 4.48. The summed E-state index contributed by atoms with van der Waals surface area (Å²) in [4.78, 5) is 4.29. The van der Waals surface area contributed by atoms with Crippen molar-refractivity contribution in [1.82, 2.24) is 17.5 Å². The molecule has 4 heterocycles. The molecule has 0 radical (unpaired) electrons. The number of rotatable bonds is 8. The van der Waals surface area contributed by atoms with Crippen LogP contribution in [0.3, 0.4) is 0 Å². The average Bonchev–Trinajstić information content (AvgIpc) is 3.74. The molecule has 0 aliphatic rings. The summed E-state index contributed by atoms with van der Waals surface area (Å²) in [5, 5.41) is 2.17. The first-order chi connectivity index (χ1) is 21.3. The Hall–Kier alpha value is -1.48. The molecule has 4 aromatic rings. The van der Waals surface area contributed by atoms with E-state index < -0.39 is 0 Å². The topological polar surface area (TPSA) is 51.6 Å². The molecule has 4 aromatic heterocycles. The Balaban J connectivity index is -0.000000275. The van der Waals surface area contributed by atoms with Crippen molar-refractivity contribution in [3.05, 3.63) is 65.5 Å². The van der Waals surface area contributed by atoms with Crippen LogP contribution in [0.15, 0.2) is 11.6 Å². The number of aromatic nitrogens is 4. The normalized spacial score (nSPS) is 10.6. The number of hydrogen-bond acceptors (Lipinski definition) is 8. The van der Waals surface area contributed by atoms with Gasteiger partial charge in [-0.3, -0.25) is 0 Å². The van der Waals surface area contributed by atoms with Crippen LogP contribution in [-0.4, -0.2) is 17.5 Å². The van der Waals surface area contributed by atoms with Crippen molar-refractivity contribution in [2.75, 3.05) is 0 Å². The van der Waals surface area contributed by atoms with E-state index in [2.05, 4.69) is 148 Å². The lowest BCUT2D eigenvalue weighted by Gasteiger charge is -2.09. The fourth-order valence-electron chi connectivity index (χ4n) is 5.28. The van der Waals surface area contributed by atoms with Crippen molar-refractivity contribution in [2.45, 2.75) is 202 Å². The average molecular weight is 769 g/mol. The fourth-order valence-corrected chi connectivity index (χ4v) is 9.16. The Morgan fingerprint density at radius 2 is 0.920 bits per heavy atom. The van der Waals surface area contributed by atoms with Gasteiger partial charge in [-0.05, 0) is 130 Å². The standard InChI is InChI=1S/2C10H17NS.2C9H15NS.4CH4/c1-6(2)9-8(5)12-11-10(9)7(3)4;1-6(2)9-8(5)11-12-10(9)7(3)4;1-6(2)8-5-11-10-9(8)7(3)4;1-6(2)8-5-10-11-9(8)7(3)4;;;;/h2*6-7H,1-5H3;2*5-7H,1-4H3;4*1H4. The van der Waals surface area contributed by atoms with E-state index in [9.17, 15) is 0 Å². The van der Waals surface area contributed by atoms with Crippen LogP contribution in [0.4, 0.5) is 0 Å². The molecule has 0 atom stereocenters. The third kappa shape index (κ3) is 16.5. The highest BCUT2D eigenvalue weighted by atomic mass is 32.1. The van der Waals surface area contributed by atoms with Crippen molar-refractivity contribution in [1.29, 1.82) is 0 Å². The van der Waals surface area contributed by atoms with Gasteiger partial charge in [0.2, 0.25) is 0 Å². The van der Waals surface area contributed by atoms with Gasteiger partial charge in [-0.1, -0.05) is 140 Å². The lowest BCUT2D eigenvalue weighted by atomic mass is 9.96. The Labute approximate surface area is 329 Å². The molecule has 0 unspecified atom stereocenters. The van der Waals surface area contributed by atoms with Crippen molar-refractivity contribution in [3.63, 3.8) is 0 Å². The van der Waals surface area contributed by atoms with Crippen LogP contribution in [0, 0.1) is 13.8 Å². The van der Waals surface area contributed by atoms with Gasteiger partial charge < -0.3 is 0 Å². The Bertz CT molecular complexity index is 1250. The largest absolute Gasteiger partial charge is 0.201 e. The molecule has 0 amide bonds. The second-order valence-electron chi connectivity index (χ2n) is 14.6. The fraction of sp³-hybridized carbons (Fsp3) is 0.714. The summed E-state index contributed by atoms with van der Waals surface area (Å²) in [6, 6.07) is 0. The zero-order valence-corrected chi connectivity index (χ0v) is 35.5. The highest BCUT2D eigenvalue weighted by Crippen LogP contribution is 2.33. The lowest BCUT2D eigenvalue weighted by molar-refractivity contribution is 0.772. The lowest BCUT2D eigenvalue weighted by Crippen LogP contribution is -1.97. The molecule has 0 saturated carbocycles. The summed E-state index contributed by atoms with van der Waals surface area (Å²) < 4.78 is 17.5. The molecule has 4 nitrogen and oxygen atoms in total. The van der Waals surface area contributed by atoms with Gasteiger partial charge in [0.25, 0.3) is 0 Å². The minimum atomic E-state index is 0. The first-order valence-corrected chi connectivity index (χ1v) is 20.3. The zero-order valence-electron chi connectivity index (χ0n) is 32.2. The molecule has 8 heteroatoms. The first-order valence-electron chi connectivity index (χ1n) is 17.1. The smallest absolute Gasteiger partial charge is 0.0604 e. The van der Waals surface area contributed by atoms with E-state index in [0.717, 1.165) is 0 Å². The van der Waals surface area contributed by atoms with Gasteiger partial charge >= 0.3 is 0 Å². The van der Waals surface area contributed by atoms with Crippen molar-refractivity contribution in [2.24, 2.45) is 0 Å². The predicted octanol–water partition coefficient (Wildman–Crippen LogP) is 16.7. The van der Waals surface area contributed by atoms with Crippen LogP contribution in [0.2, 0.25) is 0 Å². The predicted molar refractivity (Wildman–Crippen MR) is 238 cm³/mol. The van der Waals surface area contributed by atoms with Crippen molar-refractivity contribution >= 4 is 46.1 Å². The van der Waals surface area contributed by atoms with Crippen LogP contribution in [0.5, 0.6) is 0 Å². The summed E-state index contributed by atoms with van der Waals surface area (Å²) in [5.41, 5.74) is 9.58. The summed E-state index contributed by atoms with van der Waals surface area (Å²) in [7, 11) is 0. The second kappa shape index (κ2) is 26.3. The van der Waals surface area contributed by atoms with Gasteiger partial charge in [0.05, 0.1) is 17.1 Å². The van der Waals surface area contributed by atoms with Gasteiger partial charge in [0.1, 0.15) is 0 Å². The molecule has 0 N–H and O–H groups in total. The summed E-state index contributed by atoms with van der Waals surface area (Å²) in [6.45, 7) is 39.8. The zero-order chi connectivity index (χ0) is 35.5. The third-order valence-electron chi connectivity index (χ3n) is 7.67. The van der Waals surface area contributed by atoms with E-state index in [1.54, 1.807) is 46.1 Å². The first kappa shape index (κ1) is 55.3. The number of nitrogens with zero attached hydrogens (tertiary/aromatic N) is 4. The van der Waals surface area contributed by atoms with Gasteiger partial charge in [0, 0.05) is 26.2 Å². The van der Waals surface area contributed by atoms with E-state index in [-0.39, 0.29) is 29.7 Å². The van der Waals surface area contributed by atoms with Gasteiger partial charge in [-0.15, -0.1) is 0 Å². The highest BCUT2D eigenvalue weighted by Gasteiger charge is 2.17. The number of aryl methyl sites for hydroxylation is 2. The van der Waals surface area contributed by atoms with Crippen LogP contribution >= 0.6 is 46.1 Å². The monoisotopic (exact) mass is 769 g/mol. The Morgan fingerprint density at radius 3 is 1.24 bits per heavy atom. The van der Waals surface area contributed by atoms with Crippen molar-refractivity contribution in [3.8, 4) is 0 Å². The maximum Gasteiger partial charge on any atom is 0.0604 e. The van der Waals surface area contributed by atoms with E-state index in [4.69, 9.17) is 0 Å². The molecule has 0 aromatic carbocycles. The van der Waals surface area contributed by atoms with Crippen molar-refractivity contribution < 1.29 is 0 Å². The quantitative estimate of drug-likeness (QED) is 0.179. The molecule has 0 aliphatic carbocycles. The Kier molecular flexibility index (Phi) is 29.1. The molecule has 0 aliphatic heterocycles. The van der Waals surface area contributed by atoms with Crippen LogP contribution in [-0.2, 0) is 0 Å². The molecule has 0 fully saturated rings. The third-order valence-corrected chi connectivity index (χ3v) is 11.5. The van der Waals surface area contributed by atoms with Crippen LogP contribution in [0.1, 0.15) is 242 Å². The minimum Gasteiger partial charge on any atom is -0.201 e. The molecular weight excluding hydrogens is 689 g/mol. The summed E-state index contributed by atoms with van der Waals surface area (Å²) in [5.74, 6) is 4.83. The van der Waals surface area contributed by atoms with Gasteiger partial charge in [-0.25, -0.2) is 4.37 Å². The molecule has 0 spiro atoms. The maximum atomic E-state index is 4.48. The highest BCUT2D eigenvalue weighted by molar-refractivity contribution is 7.06. The van der Waals surface area contributed by atoms with E-state index in [1.807, 2.05) is 6.20 Å². The van der Waals surface area contributed by atoms with Gasteiger partial charge in [0.15, 0.2) is 0 Å². The molecule has 0 saturated heterocycles. The molecule has 292 valence electrons. The SMILES string of the molecule is C.C.C.C.CC(C)c1cnsc1C(C)C.CC(C)c1csnc1C(C)C.Cc1nsc(C(C)C)c1C(C)C.Cc1snc(C(C)C)c1C(C)C. The second-order valence-corrected chi connectivity index (χ2v) is 17.9. The summed E-state index contributed by atoms with van der Waals surface area (Å²) in [6.07, 6.45) is 2.00. The van der Waals surface area contributed by atoms with E-state index in [1.165, 1.54) is 54.0 Å². The molecule has 4 rings (SSSR count). The molecule has 50 heavy (non-hydrogen) atoms.